The van der Waals surface area contributed by atoms with Gasteiger partial charge in [-0.1, -0.05) is 53.2 Å². The molecule has 154 valence electrons. The zero-order valence-electron chi connectivity index (χ0n) is 15.8. The summed E-state index contributed by atoms with van der Waals surface area (Å²) < 4.78 is 14.4. The van der Waals surface area contributed by atoms with Crippen LogP contribution in [0.25, 0.3) is 0 Å². The van der Waals surface area contributed by atoms with Gasteiger partial charge >= 0.3 is 6.03 Å². The van der Waals surface area contributed by atoms with Crippen LogP contribution in [0.1, 0.15) is 25.3 Å². The van der Waals surface area contributed by atoms with E-state index in [9.17, 15) is 19.1 Å². The van der Waals surface area contributed by atoms with E-state index < -0.39 is 29.6 Å². The van der Waals surface area contributed by atoms with Crippen molar-refractivity contribution in [1.29, 1.82) is 0 Å². The molecule has 7 nitrogen and oxygen atoms in total. The predicted octanol–water partition coefficient (Wildman–Crippen LogP) is 3.11. The molecule has 0 aromatic heterocycles. The summed E-state index contributed by atoms with van der Waals surface area (Å²) in [7, 11) is 0. The van der Waals surface area contributed by atoms with Crippen LogP contribution in [0.15, 0.2) is 53.0 Å². The third kappa shape index (κ3) is 4.75. The number of amides is 3. The Morgan fingerprint density at radius 2 is 2.03 bits per heavy atom. The average molecular weight is 465 g/mol. The van der Waals surface area contributed by atoms with Gasteiger partial charge in [-0.15, -0.1) is 0 Å². The van der Waals surface area contributed by atoms with Gasteiger partial charge in [0.1, 0.15) is 11.4 Å². The number of aliphatic hydroxyl groups excluding tert-OH is 1. The summed E-state index contributed by atoms with van der Waals surface area (Å²) in [4.78, 5) is 25.2. The van der Waals surface area contributed by atoms with Gasteiger partial charge in [0.25, 0.3) is 5.91 Å². The monoisotopic (exact) mass is 464 g/mol. The number of carbonyl (C=O) groups excluding carboxylic acids is 2. The van der Waals surface area contributed by atoms with E-state index in [1.54, 1.807) is 6.07 Å². The first-order chi connectivity index (χ1) is 13.8. The van der Waals surface area contributed by atoms with Crippen molar-refractivity contribution in [3.05, 3.63) is 64.4 Å². The normalized spacial score (nSPS) is 21.3. The van der Waals surface area contributed by atoms with E-state index in [0.717, 1.165) is 10.6 Å². The Kier molecular flexibility index (Phi) is 6.51. The first kappa shape index (κ1) is 21.2. The lowest BCUT2D eigenvalue weighted by Crippen LogP contribution is -2.52. The lowest BCUT2D eigenvalue weighted by atomic mass is 9.89. The molecule has 1 aliphatic rings. The fourth-order valence-electron chi connectivity index (χ4n) is 3.29. The molecule has 29 heavy (non-hydrogen) atoms. The highest BCUT2D eigenvalue weighted by atomic mass is 79.9. The minimum Gasteiger partial charge on any atom is -0.359 e. The molecule has 3 amide bonds. The number of nitrogens with one attached hydrogen (secondary N) is 3. The van der Waals surface area contributed by atoms with Crippen molar-refractivity contribution < 1.29 is 19.1 Å². The van der Waals surface area contributed by atoms with E-state index in [1.807, 2.05) is 37.3 Å². The number of benzene rings is 2. The molecule has 0 saturated carbocycles. The molecule has 1 heterocycles. The highest BCUT2D eigenvalue weighted by molar-refractivity contribution is 9.10. The maximum Gasteiger partial charge on any atom is 0.338 e. The van der Waals surface area contributed by atoms with Crippen LogP contribution in [0.4, 0.5) is 14.9 Å². The summed E-state index contributed by atoms with van der Waals surface area (Å²) >= 11 is 3.14. The third-order valence-electron chi connectivity index (χ3n) is 4.97. The van der Waals surface area contributed by atoms with Gasteiger partial charge in [-0.3, -0.25) is 10.1 Å². The largest absolute Gasteiger partial charge is 0.359 e. The number of hydrazine groups is 1. The fraction of sp³-hybridized carbons (Fsp3) is 0.300. The molecule has 4 N–H and O–H groups in total. The van der Waals surface area contributed by atoms with E-state index in [4.69, 9.17) is 0 Å². The Morgan fingerprint density at radius 3 is 2.69 bits per heavy atom. The lowest BCUT2D eigenvalue weighted by molar-refractivity contribution is -0.139. The zero-order chi connectivity index (χ0) is 21.0. The molecule has 2 aromatic rings. The number of aliphatic hydroxyl groups is 1. The minimum atomic E-state index is -1.39. The molecule has 2 unspecified atom stereocenters. The molecule has 1 saturated heterocycles. The maximum atomic E-state index is 13.9. The second kappa shape index (κ2) is 8.89. The number of anilines is 1. The molecule has 3 rings (SSSR count). The highest BCUT2D eigenvalue weighted by Gasteiger charge is 2.50. The number of rotatable bonds is 6. The number of nitrogens with zero attached hydrogens (tertiary/aromatic N) is 1. The molecule has 0 aliphatic carbocycles. The van der Waals surface area contributed by atoms with Crippen LogP contribution in [0, 0.1) is 5.82 Å². The van der Waals surface area contributed by atoms with Gasteiger partial charge in [0.05, 0.1) is 5.69 Å². The Hall–Kier alpha value is -2.49. The Bertz CT molecular complexity index is 899. The summed E-state index contributed by atoms with van der Waals surface area (Å²) in [6.45, 7) is 1.84. The predicted molar refractivity (Wildman–Crippen MR) is 110 cm³/mol. The van der Waals surface area contributed by atoms with E-state index >= 15 is 0 Å². The summed E-state index contributed by atoms with van der Waals surface area (Å²) in [5, 5.41) is 16.3. The number of halogens is 2. The van der Waals surface area contributed by atoms with Crippen molar-refractivity contribution >= 4 is 33.6 Å². The molecule has 9 heteroatoms. The van der Waals surface area contributed by atoms with Crippen LogP contribution in [0.5, 0.6) is 0 Å². The van der Waals surface area contributed by atoms with Crippen LogP contribution in [-0.2, 0) is 11.2 Å². The van der Waals surface area contributed by atoms with Gasteiger partial charge < -0.3 is 10.4 Å². The van der Waals surface area contributed by atoms with E-state index in [-0.39, 0.29) is 5.69 Å². The number of aryl methyl sites for hydroxylation is 1. The molecular formula is C20H22BrFN4O3. The van der Waals surface area contributed by atoms with Gasteiger partial charge in [-0.2, -0.15) is 0 Å². The maximum absolute atomic E-state index is 13.9. The summed E-state index contributed by atoms with van der Waals surface area (Å²) in [5.41, 5.74) is 2.31. The highest BCUT2D eigenvalue weighted by Crippen LogP contribution is 2.27. The summed E-state index contributed by atoms with van der Waals surface area (Å²) in [6.07, 6.45) is 0.116. The van der Waals surface area contributed by atoms with Gasteiger partial charge in [-0.05, 0) is 43.0 Å². The second-order valence-corrected chi connectivity index (χ2v) is 7.72. The fourth-order valence-corrected chi connectivity index (χ4v) is 3.62. The Morgan fingerprint density at radius 1 is 1.31 bits per heavy atom. The lowest BCUT2D eigenvalue weighted by Gasteiger charge is -2.25. The van der Waals surface area contributed by atoms with Gasteiger partial charge in [0.15, 0.2) is 0 Å². The molecule has 2 aromatic carbocycles. The van der Waals surface area contributed by atoms with Crippen LogP contribution < -0.4 is 16.1 Å². The van der Waals surface area contributed by atoms with Gasteiger partial charge in [0.2, 0.25) is 6.35 Å². The molecule has 1 fully saturated rings. The second-order valence-electron chi connectivity index (χ2n) is 6.80. The number of hydrogen-bond donors (Lipinski definition) is 4. The molecule has 1 aliphatic heterocycles. The van der Waals surface area contributed by atoms with Crippen molar-refractivity contribution in [3.8, 4) is 0 Å². The number of carbonyl (C=O) groups is 2. The Labute approximate surface area is 176 Å². The molecular weight excluding hydrogens is 443 g/mol. The Balaban J connectivity index is 1.66. The minimum absolute atomic E-state index is 0.0503. The van der Waals surface area contributed by atoms with Crippen LogP contribution in [0.3, 0.4) is 0 Å². The first-order valence-corrected chi connectivity index (χ1v) is 10.00. The van der Waals surface area contributed by atoms with Crippen LogP contribution >= 0.6 is 15.9 Å². The number of urea groups is 1. The van der Waals surface area contributed by atoms with Gasteiger partial charge in [-0.25, -0.2) is 19.6 Å². The van der Waals surface area contributed by atoms with E-state index in [1.165, 1.54) is 12.1 Å². The van der Waals surface area contributed by atoms with Crippen molar-refractivity contribution in [2.24, 2.45) is 0 Å². The first-order valence-electron chi connectivity index (χ1n) is 9.20. The third-order valence-corrected chi connectivity index (χ3v) is 5.46. The van der Waals surface area contributed by atoms with Gasteiger partial charge in [0, 0.05) is 4.47 Å². The quantitative estimate of drug-likeness (QED) is 0.528. The van der Waals surface area contributed by atoms with Crippen LogP contribution in [0.2, 0.25) is 0 Å². The summed E-state index contributed by atoms with van der Waals surface area (Å²) in [5.74, 6) is -1.08. The van der Waals surface area contributed by atoms with E-state index in [2.05, 4.69) is 32.0 Å². The average Bonchev–Trinajstić information content (AvgIpc) is 2.94. The van der Waals surface area contributed by atoms with E-state index in [0.29, 0.717) is 23.7 Å². The molecule has 0 spiro atoms. The zero-order valence-corrected chi connectivity index (χ0v) is 17.4. The smallest absolute Gasteiger partial charge is 0.338 e. The van der Waals surface area contributed by atoms with Crippen LogP contribution in [-0.4, -0.2) is 33.9 Å². The van der Waals surface area contributed by atoms with Crippen molar-refractivity contribution in [2.45, 2.75) is 38.1 Å². The van der Waals surface area contributed by atoms with Crippen molar-refractivity contribution in [2.75, 3.05) is 5.32 Å². The molecule has 2 atom stereocenters. The standard InChI is InChI=1S/C20H22BrFN4O3/c1-2-20(11-10-13-6-4-3-5-7-13)17(27)26(19(29)24-20)25-18(28)23-16-9-8-14(21)12-15(16)22/h3-9,12,19,24,29H,2,10-11H2,1H3,(H2,23,25,28). The van der Waals surface area contributed by atoms with Crippen molar-refractivity contribution in [1.82, 2.24) is 15.8 Å². The molecule has 0 radical (unpaired) electrons. The summed E-state index contributed by atoms with van der Waals surface area (Å²) in [6, 6.07) is 13.0. The van der Waals surface area contributed by atoms with Crippen molar-refractivity contribution in [3.63, 3.8) is 0 Å². The molecule has 0 bridgehead atoms. The number of hydrogen-bond acceptors (Lipinski definition) is 4. The topological polar surface area (TPSA) is 93.7 Å². The SMILES string of the molecule is CCC1(CCc2ccccc2)NC(O)N(NC(=O)Nc2ccc(Br)cc2F)C1=O.